The van der Waals surface area contributed by atoms with Crippen LogP contribution in [0.15, 0.2) is 30.3 Å². The van der Waals surface area contributed by atoms with Gasteiger partial charge >= 0.3 is 6.03 Å². The van der Waals surface area contributed by atoms with Crippen LogP contribution < -0.4 is 5.32 Å². The molecule has 0 unspecified atom stereocenters. The zero-order chi connectivity index (χ0) is 21.8. The lowest BCUT2D eigenvalue weighted by Gasteiger charge is -2.45. The Hall–Kier alpha value is -2.41. The van der Waals surface area contributed by atoms with Crippen molar-refractivity contribution in [1.29, 1.82) is 0 Å². The predicted molar refractivity (Wildman–Crippen MR) is 118 cm³/mol. The van der Waals surface area contributed by atoms with Crippen LogP contribution in [-0.4, -0.2) is 77.9 Å². The third-order valence-electron chi connectivity index (χ3n) is 7.12. The highest BCUT2D eigenvalue weighted by atomic mass is 16.2. The topological polar surface area (TPSA) is 73.0 Å². The highest BCUT2D eigenvalue weighted by Crippen LogP contribution is 2.31. The Morgan fingerprint density at radius 2 is 1.87 bits per heavy atom. The van der Waals surface area contributed by atoms with E-state index < -0.39 is 12.1 Å². The number of hydrogen-bond donors (Lipinski definition) is 1. The van der Waals surface area contributed by atoms with Crippen molar-refractivity contribution < 1.29 is 14.4 Å². The van der Waals surface area contributed by atoms with Crippen LogP contribution in [0.1, 0.15) is 44.1 Å². The van der Waals surface area contributed by atoms with E-state index in [1.807, 2.05) is 37.4 Å². The molecule has 4 rings (SSSR count). The van der Waals surface area contributed by atoms with Crippen LogP contribution in [0.2, 0.25) is 0 Å². The number of piperidine rings is 2. The molecule has 0 spiro atoms. The van der Waals surface area contributed by atoms with E-state index in [4.69, 9.17) is 0 Å². The van der Waals surface area contributed by atoms with Gasteiger partial charge in [-0.25, -0.2) is 4.79 Å². The molecule has 3 fully saturated rings. The van der Waals surface area contributed by atoms with Gasteiger partial charge in [-0.15, -0.1) is 0 Å². The minimum Gasteiger partial charge on any atom is -0.345 e. The average Bonchev–Trinajstić information content (AvgIpc) is 3.05. The largest absolute Gasteiger partial charge is 0.345 e. The Balaban J connectivity index is 1.28. The fourth-order valence-corrected chi connectivity index (χ4v) is 5.39. The molecule has 0 aromatic heterocycles. The number of fused-ring (bicyclic) bond motifs is 1. The van der Waals surface area contributed by atoms with Crippen molar-refractivity contribution in [2.75, 3.05) is 33.2 Å². The average molecular weight is 427 g/mol. The van der Waals surface area contributed by atoms with Gasteiger partial charge in [0.15, 0.2) is 0 Å². The molecule has 3 heterocycles. The molecule has 3 saturated heterocycles. The Morgan fingerprint density at radius 1 is 1.10 bits per heavy atom. The van der Waals surface area contributed by atoms with Gasteiger partial charge in [0.2, 0.25) is 5.91 Å². The summed E-state index contributed by atoms with van der Waals surface area (Å²) in [6.07, 6.45) is 6.77. The van der Waals surface area contributed by atoms with E-state index in [1.165, 1.54) is 43.7 Å². The molecule has 7 heteroatoms. The molecule has 7 nitrogen and oxygen atoms in total. The molecule has 3 aliphatic rings. The number of carbonyl (C=O) groups excluding carboxylic acids is 3. The first-order valence-corrected chi connectivity index (χ1v) is 11.7. The van der Waals surface area contributed by atoms with Crippen molar-refractivity contribution in [3.8, 4) is 0 Å². The lowest BCUT2D eigenvalue weighted by molar-refractivity contribution is -0.135. The minimum absolute atomic E-state index is 0.0318. The lowest BCUT2D eigenvalue weighted by atomic mass is 9.83. The molecule has 3 atom stereocenters. The number of nitrogens with zero attached hydrogens (tertiary/aromatic N) is 3. The lowest BCUT2D eigenvalue weighted by Crippen LogP contribution is -2.51. The van der Waals surface area contributed by atoms with Crippen molar-refractivity contribution in [2.45, 2.75) is 57.0 Å². The van der Waals surface area contributed by atoms with E-state index in [2.05, 4.69) is 10.2 Å². The first-order valence-electron chi connectivity index (χ1n) is 11.7. The van der Waals surface area contributed by atoms with Gasteiger partial charge in [0.25, 0.3) is 5.91 Å². The van der Waals surface area contributed by atoms with Gasteiger partial charge in [0.05, 0.1) is 6.42 Å². The molecule has 4 amide bonds. The van der Waals surface area contributed by atoms with Gasteiger partial charge in [0.1, 0.15) is 6.04 Å². The Labute approximate surface area is 184 Å². The molecular formula is C24H34N4O3. The number of carbonyl (C=O) groups is 3. The maximum atomic E-state index is 12.9. The van der Waals surface area contributed by atoms with Crippen molar-refractivity contribution in [1.82, 2.24) is 20.0 Å². The second kappa shape index (κ2) is 9.81. The molecule has 0 radical (unpaired) electrons. The Kier molecular flexibility index (Phi) is 6.90. The van der Waals surface area contributed by atoms with E-state index in [1.54, 1.807) is 4.90 Å². The van der Waals surface area contributed by atoms with E-state index >= 15 is 0 Å². The molecule has 31 heavy (non-hydrogen) atoms. The van der Waals surface area contributed by atoms with E-state index in [0.29, 0.717) is 24.9 Å². The van der Waals surface area contributed by atoms with Crippen LogP contribution in [0.4, 0.5) is 4.79 Å². The SMILES string of the molecule is CN(C[C@@H]1CCCN2CCCC[C@H]12)C(=O)C[C@@H]1NC(=O)N(CCc2ccccc2)C1=O. The number of imide groups is 1. The maximum Gasteiger partial charge on any atom is 0.324 e. The second-order valence-corrected chi connectivity index (χ2v) is 9.21. The normalized spacial score (nSPS) is 26.5. The van der Waals surface area contributed by atoms with Crippen LogP contribution in [0.25, 0.3) is 0 Å². The smallest absolute Gasteiger partial charge is 0.324 e. The molecule has 1 aromatic carbocycles. The van der Waals surface area contributed by atoms with Gasteiger partial charge in [-0.1, -0.05) is 36.8 Å². The summed E-state index contributed by atoms with van der Waals surface area (Å²) in [6.45, 7) is 3.42. The van der Waals surface area contributed by atoms with Crippen molar-refractivity contribution >= 4 is 17.8 Å². The highest BCUT2D eigenvalue weighted by molar-refractivity contribution is 6.05. The molecule has 168 valence electrons. The number of hydrogen-bond acceptors (Lipinski definition) is 4. The summed E-state index contributed by atoms with van der Waals surface area (Å²) in [7, 11) is 1.83. The van der Waals surface area contributed by atoms with Crippen LogP contribution in [0, 0.1) is 5.92 Å². The summed E-state index contributed by atoms with van der Waals surface area (Å²) >= 11 is 0. The summed E-state index contributed by atoms with van der Waals surface area (Å²) in [4.78, 5) is 43.5. The minimum atomic E-state index is -0.754. The van der Waals surface area contributed by atoms with Crippen LogP contribution in [0.5, 0.6) is 0 Å². The Bertz CT molecular complexity index is 797. The van der Waals surface area contributed by atoms with Crippen LogP contribution >= 0.6 is 0 Å². The molecule has 1 aromatic rings. The van der Waals surface area contributed by atoms with Crippen molar-refractivity contribution in [3.05, 3.63) is 35.9 Å². The summed E-state index contributed by atoms with van der Waals surface area (Å²) in [5.41, 5.74) is 1.08. The highest BCUT2D eigenvalue weighted by Gasteiger charge is 2.40. The third-order valence-corrected chi connectivity index (χ3v) is 7.12. The van der Waals surface area contributed by atoms with Gasteiger partial charge < -0.3 is 15.1 Å². The van der Waals surface area contributed by atoms with Gasteiger partial charge in [-0.05, 0) is 56.7 Å². The molecule has 0 bridgehead atoms. The number of urea groups is 1. The number of benzene rings is 1. The summed E-state index contributed by atoms with van der Waals surface area (Å²) in [5.74, 6) is 0.134. The van der Waals surface area contributed by atoms with Crippen molar-refractivity contribution in [3.63, 3.8) is 0 Å². The monoisotopic (exact) mass is 426 g/mol. The quantitative estimate of drug-likeness (QED) is 0.679. The first-order chi connectivity index (χ1) is 15.0. The predicted octanol–water partition coefficient (Wildman–Crippen LogP) is 2.26. The maximum absolute atomic E-state index is 12.9. The fourth-order valence-electron chi connectivity index (χ4n) is 5.39. The number of amides is 4. The van der Waals surface area contributed by atoms with Gasteiger partial charge in [-0.2, -0.15) is 0 Å². The molecule has 0 saturated carbocycles. The van der Waals surface area contributed by atoms with Crippen LogP contribution in [0.3, 0.4) is 0 Å². The molecule has 1 N–H and O–H groups in total. The standard InChI is InChI=1S/C24H34N4O3/c1-26(17-19-10-7-14-27-13-6-5-11-21(19)27)22(29)16-20-23(30)28(24(31)25-20)15-12-18-8-3-2-4-9-18/h2-4,8-9,19-21H,5-7,10-17H2,1H3,(H,25,31)/t19-,20-,21+/m0/s1. The molecule has 3 aliphatic heterocycles. The third kappa shape index (κ3) is 5.09. The van der Waals surface area contributed by atoms with Gasteiger partial charge in [-0.3, -0.25) is 14.5 Å². The molecule has 0 aliphatic carbocycles. The number of rotatable bonds is 7. The van der Waals surface area contributed by atoms with E-state index in [-0.39, 0.29) is 18.2 Å². The Morgan fingerprint density at radius 3 is 2.68 bits per heavy atom. The first kappa shape index (κ1) is 21.8. The van der Waals surface area contributed by atoms with Crippen molar-refractivity contribution in [2.24, 2.45) is 5.92 Å². The second-order valence-electron chi connectivity index (χ2n) is 9.21. The zero-order valence-electron chi connectivity index (χ0n) is 18.5. The summed E-state index contributed by atoms with van der Waals surface area (Å²) in [6, 6.07) is 9.21. The van der Waals surface area contributed by atoms with Crippen LogP contribution in [-0.2, 0) is 16.0 Å². The van der Waals surface area contributed by atoms with E-state index in [0.717, 1.165) is 18.5 Å². The summed E-state index contributed by atoms with van der Waals surface area (Å²) < 4.78 is 0. The fraction of sp³-hybridized carbons (Fsp3) is 0.625. The number of nitrogens with one attached hydrogen (secondary N) is 1. The summed E-state index contributed by atoms with van der Waals surface area (Å²) in [5, 5.41) is 2.71. The zero-order valence-corrected chi connectivity index (χ0v) is 18.5. The van der Waals surface area contributed by atoms with Gasteiger partial charge in [0, 0.05) is 26.2 Å². The van der Waals surface area contributed by atoms with E-state index in [9.17, 15) is 14.4 Å². The molecular weight excluding hydrogens is 392 g/mol.